The van der Waals surface area contributed by atoms with Gasteiger partial charge in [-0.15, -0.1) is 24.0 Å². The SMILES string of the molecule is C.C.C.C.CO.I.[C-]#[O+].[HH].[HH].[HH]. The van der Waals surface area contributed by atoms with Gasteiger partial charge in [0.05, 0.1) is 0 Å². The molecule has 0 rings (SSSR count). The van der Waals surface area contributed by atoms with Crippen molar-refractivity contribution in [3.63, 3.8) is 0 Å². The Kier molecular flexibility index (Phi) is 31700. The first-order valence-corrected chi connectivity index (χ1v) is 0.651. The van der Waals surface area contributed by atoms with Crippen molar-refractivity contribution in [3.05, 3.63) is 6.65 Å². The summed E-state index contributed by atoms with van der Waals surface area (Å²) < 4.78 is 7.50. The van der Waals surface area contributed by atoms with Crippen LogP contribution < -0.4 is 0 Å². The van der Waals surface area contributed by atoms with Gasteiger partial charge in [-0.1, -0.05) is 29.7 Å². The summed E-state index contributed by atoms with van der Waals surface area (Å²) >= 11 is 0. The first kappa shape index (κ1) is 113. The molecular weight excluding hydrogens is 231 g/mol. The van der Waals surface area contributed by atoms with Crippen LogP contribution in [0, 0.1) is 6.65 Å². The third-order valence-corrected chi connectivity index (χ3v) is 0. The van der Waals surface area contributed by atoms with Crippen LogP contribution in [-0.2, 0) is 4.65 Å². The van der Waals surface area contributed by atoms with Crippen LogP contribution in [0.25, 0.3) is 0 Å². The van der Waals surface area contributed by atoms with E-state index in [4.69, 9.17) is 9.76 Å². The molecule has 0 unspecified atom stereocenters. The fourth-order valence-corrected chi connectivity index (χ4v) is 0. The quantitative estimate of drug-likeness (QED) is 0.403. The van der Waals surface area contributed by atoms with Crippen molar-refractivity contribution < 1.29 is 14.0 Å². The molecular formula is C6H27IO2. The van der Waals surface area contributed by atoms with Gasteiger partial charge >= 0.3 is 11.3 Å². The van der Waals surface area contributed by atoms with Crippen LogP contribution in [-0.4, -0.2) is 12.2 Å². The smallest absolute Gasteiger partial charge is 0 e. The molecule has 0 amide bonds. The summed E-state index contributed by atoms with van der Waals surface area (Å²) in [5, 5.41) is 7.00. The van der Waals surface area contributed by atoms with Gasteiger partial charge in [0.1, 0.15) is 0 Å². The molecule has 1 N–H and O–H groups in total. The van der Waals surface area contributed by atoms with Crippen molar-refractivity contribution in [2.75, 3.05) is 7.11 Å². The Hall–Kier alpha value is 0.430. The topological polar surface area (TPSA) is 40.1 Å². The van der Waals surface area contributed by atoms with Crippen LogP contribution in [0.3, 0.4) is 0 Å². The predicted octanol–water partition coefficient (Wildman–Crippen LogP) is 3.47. The van der Waals surface area contributed by atoms with Crippen molar-refractivity contribution >= 4 is 24.0 Å². The van der Waals surface area contributed by atoms with Crippen molar-refractivity contribution in [1.82, 2.24) is 0 Å². The number of aliphatic hydroxyl groups is 1. The van der Waals surface area contributed by atoms with Gasteiger partial charge in [0.25, 0.3) is 0 Å². The largest absolute Gasteiger partial charge is 0 e. The second kappa shape index (κ2) is 2520. The van der Waals surface area contributed by atoms with Gasteiger partial charge in [0, 0.05) is 11.4 Å². The fraction of sp³-hybridized carbons (Fsp3) is 0.833. The molecule has 3 heteroatoms. The first-order valence-electron chi connectivity index (χ1n) is 0.651. The van der Waals surface area contributed by atoms with E-state index >= 15 is 0 Å². The second-order valence-corrected chi connectivity index (χ2v) is 0. The third kappa shape index (κ3) is 1890. The molecule has 0 saturated heterocycles. The minimum absolute atomic E-state index is 0. The van der Waals surface area contributed by atoms with Crippen molar-refractivity contribution in [2.45, 2.75) is 29.7 Å². The zero-order chi connectivity index (χ0) is 4.00. The summed E-state index contributed by atoms with van der Waals surface area (Å²) in [5.41, 5.74) is 0. The molecule has 0 saturated carbocycles. The molecule has 0 radical (unpaired) electrons. The molecule has 9 heavy (non-hydrogen) atoms. The molecule has 0 fully saturated rings. The standard InChI is InChI=1S/CH4O.CO.4CH4.HI.3H2/c2*1-2;;;;;;;;/h2H,1H3;;4*1H4;4*1H. The van der Waals surface area contributed by atoms with E-state index in [-0.39, 0.29) is 58.0 Å². The number of halogens is 1. The average Bonchev–Trinajstić information content (AvgIpc) is 1.50. The summed E-state index contributed by atoms with van der Waals surface area (Å²) in [5.74, 6) is 0. The molecule has 0 heterocycles. The monoisotopic (exact) mass is 258 g/mol. The summed E-state index contributed by atoms with van der Waals surface area (Å²) in [6, 6.07) is 0. The molecule has 0 aliphatic heterocycles. The summed E-state index contributed by atoms with van der Waals surface area (Å²) in [6.45, 7) is 4.50. The zero-order valence-electron chi connectivity index (χ0n) is 2.76. The summed E-state index contributed by atoms with van der Waals surface area (Å²) in [7, 11) is 1.00. The zero-order valence-corrected chi connectivity index (χ0v) is 5.09. The second-order valence-electron chi connectivity index (χ2n) is 0. The molecule has 0 aromatic carbocycles. The van der Waals surface area contributed by atoms with Gasteiger partial charge in [0.2, 0.25) is 0 Å². The molecule has 0 aliphatic rings. The minimum atomic E-state index is 0. The van der Waals surface area contributed by atoms with E-state index in [2.05, 4.69) is 6.65 Å². The Morgan fingerprint density at radius 1 is 1.00 bits per heavy atom. The van der Waals surface area contributed by atoms with Crippen LogP contribution >= 0.6 is 24.0 Å². The van der Waals surface area contributed by atoms with Crippen molar-refractivity contribution in [1.29, 1.82) is 0 Å². The van der Waals surface area contributed by atoms with Gasteiger partial charge in [0.15, 0.2) is 0 Å². The Morgan fingerprint density at radius 3 is 1.00 bits per heavy atom. The van der Waals surface area contributed by atoms with Crippen LogP contribution in [0.1, 0.15) is 34.0 Å². The molecule has 0 atom stereocenters. The number of hydrogen-bond donors (Lipinski definition) is 1. The normalized spacial score (nSPS) is 0.889. The summed E-state index contributed by atoms with van der Waals surface area (Å²) in [6.07, 6.45) is 0. The van der Waals surface area contributed by atoms with E-state index < -0.39 is 0 Å². The number of aliphatic hydroxyl groups excluding tert-OH is 1. The molecule has 0 spiro atoms. The Labute approximate surface area is 81.9 Å². The van der Waals surface area contributed by atoms with Crippen LogP contribution in [0.2, 0.25) is 0 Å². The Bertz CT molecular complexity index is 25.5. The molecule has 0 aliphatic carbocycles. The van der Waals surface area contributed by atoms with E-state index in [1.54, 1.807) is 0 Å². The Morgan fingerprint density at radius 2 is 1.00 bits per heavy atom. The van der Waals surface area contributed by atoms with Crippen LogP contribution in [0.15, 0.2) is 0 Å². The van der Waals surface area contributed by atoms with E-state index in [1.165, 1.54) is 0 Å². The van der Waals surface area contributed by atoms with Gasteiger partial charge in [-0.3, -0.25) is 0 Å². The van der Waals surface area contributed by atoms with Crippen molar-refractivity contribution in [2.24, 2.45) is 0 Å². The third-order valence-electron chi connectivity index (χ3n) is 0. The maximum Gasteiger partial charge on any atom is 0 e. The van der Waals surface area contributed by atoms with E-state index in [0.29, 0.717) is 0 Å². The van der Waals surface area contributed by atoms with E-state index in [1.807, 2.05) is 0 Å². The minimum Gasteiger partial charge on any atom is 0 e. The van der Waals surface area contributed by atoms with E-state index in [0.717, 1.165) is 7.11 Å². The Balaban J connectivity index is -0.000000000500. The predicted molar refractivity (Wildman–Crippen MR) is 60.8 cm³/mol. The molecule has 0 aromatic rings. The van der Waals surface area contributed by atoms with Gasteiger partial charge in [-0.2, -0.15) is 0 Å². The van der Waals surface area contributed by atoms with Crippen LogP contribution in [0.4, 0.5) is 0 Å². The van der Waals surface area contributed by atoms with Gasteiger partial charge < -0.3 is 5.11 Å². The average molecular weight is 258 g/mol. The summed E-state index contributed by atoms with van der Waals surface area (Å²) in [4.78, 5) is 0. The van der Waals surface area contributed by atoms with Gasteiger partial charge in [-0.25, -0.2) is 0 Å². The van der Waals surface area contributed by atoms with Gasteiger partial charge in [-0.05, 0) is 0 Å². The van der Waals surface area contributed by atoms with Crippen LogP contribution in [0.5, 0.6) is 0 Å². The first-order chi connectivity index (χ1) is 2.00. The number of hydrogen-bond acceptors (Lipinski definition) is 1. The molecule has 0 aromatic heterocycles. The maximum atomic E-state index is 7.50. The number of rotatable bonds is 0. The molecule has 2 nitrogen and oxygen atoms in total. The van der Waals surface area contributed by atoms with E-state index in [9.17, 15) is 0 Å². The molecule has 70 valence electrons. The fourth-order valence-electron chi connectivity index (χ4n) is 0. The molecule has 0 bridgehead atoms. The van der Waals surface area contributed by atoms with Crippen molar-refractivity contribution in [3.8, 4) is 0 Å². The maximum absolute atomic E-state index is 7.50.